The fraction of sp³-hybridized carbons (Fsp3) is 0.158. The molecule has 0 amide bonds. The quantitative estimate of drug-likeness (QED) is 0.530. The third kappa shape index (κ3) is 3.70. The Bertz CT molecular complexity index is 916. The van der Waals surface area contributed by atoms with E-state index in [4.69, 9.17) is 0 Å². The van der Waals surface area contributed by atoms with Gasteiger partial charge >= 0.3 is 11.9 Å². The van der Waals surface area contributed by atoms with Crippen LogP contribution in [-0.2, 0) is 17.8 Å². The second-order valence-electron chi connectivity index (χ2n) is 5.80. The van der Waals surface area contributed by atoms with Gasteiger partial charge in [0.1, 0.15) is 6.04 Å². The van der Waals surface area contributed by atoms with E-state index in [2.05, 4.69) is 10.3 Å². The maximum atomic E-state index is 11.6. The predicted molar refractivity (Wildman–Crippen MR) is 93.7 cm³/mol. The van der Waals surface area contributed by atoms with Crippen molar-refractivity contribution in [1.82, 2.24) is 10.3 Å². The van der Waals surface area contributed by atoms with Gasteiger partial charge < -0.3 is 15.2 Å². The van der Waals surface area contributed by atoms with Crippen LogP contribution in [0.1, 0.15) is 21.5 Å². The zero-order valence-electron chi connectivity index (χ0n) is 13.4. The Morgan fingerprint density at radius 1 is 1.00 bits per heavy atom. The van der Waals surface area contributed by atoms with Gasteiger partial charge in [-0.05, 0) is 23.3 Å². The number of carboxylic acid groups (broad SMARTS) is 2. The molecule has 6 nitrogen and oxygen atoms in total. The maximum absolute atomic E-state index is 11.6. The lowest BCUT2D eigenvalue weighted by Crippen LogP contribution is -2.38. The van der Waals surface area contributed by atoms with E-state index in [1.54, 1.807) is 18.2 Å². The molecule has 1 atom stereocenters. The SMILES string of the molecule is O=C(O)c1ccccc1CN[C@H](Cc1c[nH]c2ccccc12)C(=O)O. The van der Waals surface area contributed by atoms with E-state index in [0.717, 1.165) is 16.5 Å². The van der Waals surface area contributed by atoms with Gasteiger partial charge in [0.25, 0.3) is 0 Å². The first-order valence-electron chi connectivity index (χ1n) is 7.88. The minimum Gasteiger partial charge on any atom is -0.480 e. The van der Waals surface area contributed by atoms with Gasteiger partial charge in [-0.25, -0.2) is 4.79 Å². The number of fused-ring (bicyclic) bond motifs is 1. The van der Waals surface area contributed by atoms with E-state index in [1.165, 1.54) is 6.07 Å². The van der Waals surface area contributed by atoms with Crippen molar-refractivity contribution in [3.05, 3.63) is 71.4 Å². The second-order valence-corrected chi connectivity index (χ2v) is 5.80. The molecule has 0 bridgehead atoms. The molecule has 3 aromatic rings. The minimum absolute atomic E-state index is 0.168. The van der Waals surface area contributed by atoms with Crippen molar-refractivity contribution < 1.29 is 19.8 Å². The monoisotopic (exact) mass is 338 g/mol. The van der Waals surface area contributed by atoms with Gasteiger partial charge in [-0.1, -0.05) is 36.4 Å². The van der Waals surface area contributed by atoms with E-state index >= 15 is 0 Å². The van der Waals surface area contributed by atoms with Gasteiger partial charge in [-0.15, -0.1) is 0 Å². The van der Waals surface area contributed by atoms with Gasteiger partial charge in [-0.3, -0.25) is 10.1 Å². The summed E-state index contributed by atoms with van der Waals surface area (Å²) in [4.78, 5) is 26.0. The van der Waals surface area contributed by atoms with Gasteiger partial charge in [0.05, 0.1) is 5.56 Å². The number of carboxylic acids is 2. The number of benzene rings is 2. The van der Waals surface area contributed by atoms with E-state index < -0.39 is 18.0 Å². The molecule has 128 valence electrons. The van der Waals surface area contributed by atoms with Crippen LogP contribution in [0.5, 0.6) is 0 Å². The fourth-order valence-electron chi connectivity index (χ4n) is 2.88. The molecule has 25 heavy (non-hydrogen) atoms. The number of hydrogen-bond donors (Lipinski definition) is 4. The zero-order valence-corrected chi connectivity index (χ0v) is 13.4. The summed E-state index contributed by atoms with van der Waals surface area (Å²) in [6, 6.07) is 13.5. The van der Waals surface area contributed by atoms with Crippen molar-refractivity contribution >= 4 is 22.8 Å². The lowest BCUT2D eigenvalue weighted by atomic mass is 10.0. The van der Waals surface area contributed by atoms with E-state index in [-0.39, 0.29) is 12.1 Å². The normalized spacial score (nSPS) is 12.2. The highest BCUT2D eigenvalue weighted by Gasteiger charge is 2.20. The molecule has 0 spiro atoms. The first-order chi connectivity index (χ1) is 12.1. The summed E-state index contributed by atoms with van der Waals surface area (Å²) in [7, 11) is 0. The molecule has 0 unspecified atom stereocenters. The number of rotatable bonds is 7. The van der Waals surface area contributed by atoms with Crippen molar-refractivity contribution in [1.29, 1.82) is 0 Å². The van der Waals surface area contributed by atoms with Crippen LogP contribution in [0.3, 0.4) is 0 Å². The molecule has 1 heterocycles. The van der Waals surface area contributed by atoms with Crippen molar-refractivity contribution in [3.63, 3.8) is 0 Å². The van der Waals surface area contributed by atoms with Crippen LogP contribution in [0, 0.1) is 0 Å². The Hall–Kier alpha value is -3.12. The average molecular weight is 338 g/mol. The van der Waals surface area contributed by atoms with Gasteiger partial charge in [0.2, 0.25) is 0 Å². The third-order valence-electron chi connectivity index (χ3n) is 4.18. The number of aromatic amines is 1. The first-order valence-corrected chi connectivity index (χ1v) is 7.88. The highest BCUT2D eigenvalue weighted by Crippen LogP contribution is 2.19. The molecule has 0 fully saturated rings. The van der Waals surface area contributed by atoms with Gasteiger partial charge in [-0.2, -0.15) is 0 Å². The Morgan fingerprint density at radius 2 is 1.72 bits per heavy atom. The highest BCUT2D eigenvalue weighted by atomic mass is 16.4. The molecule has 0 aliphatic carbocycles. The van der Waals surface area contributed by atoms with Crippen molar-refractivity contribution in [2.45, 2.75) is 19.0 Å². The number of aromatic nitrogens is 1. The fourth-order valence-corrected chi connectivity index (χ4v) is 2.88. The maximum Gasteiger partial charge on any atom is 0.336 e. The summed E-state index contributed by atoms with van der Waals surface area (Å²) in [5, 5.41) is 22.7. The van der Waals surface area contributed by atoms with E-state index in [0.29, 0.717) is 12.0 Å². The summed E-state index contributed by atoms with van der Waals surface area (Å²) in [6.07, 6.45) is 2.11. The number of nitrogens with one attached hydrogen (secondary N) is 2. The van der Waals surface area contributed by atoms with E-state index in [9.17, 15) is 19.8 Å². The number of carbonyl (C=O) groups is 2. The third-order valence-corrected chi connectivity index (χ3v) is 4.18. The van der Waals surface area contributed by atoms with Gasteiger partial charge in [0.15, 0.2) is 0 Å². The molecule has 3 rings (SSSR count). The summed E-state index contributed by atoms with van der Waals surface area (Å²) < 4.78 is 0. The predicted octanol–water partition coefficient (Wildman–Crippen LogP) is 2.65. The van der Waals surface area contributed by atoms with Crippen LogP contribution in [0.2, 0.25) is 0 Å². The van der Waals surface area contributed by atoms with Crippen molar-refractivity contribution in [3.8, 4) is 0 Å². The lowest BCUT2D eigenvalue weighted by molar-refractivity contribution is -0.139. The topological polar surface area (TPSA) is 102 Å². The van der Waals surface area contributed by atoms with Crippen molar-refractivity contribution in [2.24, 2.45) is 0 Å². The van der Waals surface area contributed by atoms with Crippen LogP contribution in [0.4, 0.5) is 0 Å². The Labute approximate surface area is 144 Å². The molecule has 6 heteroatoms. The van der Waals surface area contributed by atoms with Crippen LogP contribution >= 0.6 is 0 Å². The van der Waals surface area contributed by atoms with Crippen LogP contribution < -0.4 is 5.32 Å². The number of para-hydroxylation sites is 1. The lowest BCUT2D eigenvalue weighted by Gasteiger charge is -2.15. The zero-order chi connectivity index (χ0) is 17.8. The molecule has 0 saturated heterocycles. The average Bonchev–Trinajstić information content (AvgIpc) is 3.01. The Balaban J connectivity index is 1.77. The summed E-state index contributed by atoms with van der Waals surface area (Å²) in [6.45, 7) is 0.168. The smallest absolute Gasteiger partial charge is 0.336 e. The molecule has 1 aromatic heterocycles. The Morgan fingerprint density at radius 3 is 2.48 bits per heavy atom. The van der Waals surface area contributed by atoms with Crippen molar-refractivity contribution in [2.75, 3.05) is 0 Å². The largest absolute Gasteiger partial charge is 0.480 e. The van der Waals surface area contributed by atoms with Crippen LogP contribution in [-0.4, -0.2) is 33.2 Å². The molecule has 2 aromatic carbocycles. The number of aromatic carboxylic acids is 1. The standard InChI is InChI=1S/C19H18N2O4/c22-18(23)15-7-2-1-5-12(15)10-21-17(19(24)25)9-13-11-20-16-8-4-3-6-14(13)16/h1-8,11,17,20-21H,9-10H2,(H,22,23)(H,24,25)/t17-/m1/s1. The summed E-state index contributed by atoms with van der Waals surface area (Å²) in [5.74, 6) is -2.00. The molecular formula is C19H18N2O4. The first kappa shape index (κ1) is 16.7. The molecule has 0 aliphatic heterocycles. The molecule has 0 saturated carbocycles. The van der Waals surface area contributed by atoms with Crippen LogP contribution in [0.25, 0.3) is 10.9 Å². The van der Waals surface area contributed by atoms with Gasteiger partial charge in [0, 0.05) is 30.1 Å². The second kappa shape index (κ2) is 7.19. The molecule has 0 radical (unpaired) electrons. The number of hydrogen-bond acceptors (Lipinski definition) is 3. The highest BCUT2D eigenvalue weighted by molar-refractivity contribution is 5.89. The Kier molecular flexibility index (Phi) is 4.81. The summed E-state index contributed by atoms with van der Waals surface area (Å²) >= 11 is 0. The molecule has 0 aliphatic rings. The number of H-pyrrole nitrogens is 1. The molecular weight excluding hydrogens is 320 g/mol. The van der Waals surface area contributed by atoms with E-state index in [1.807, 2.05) is 30.5 Å². The summed E-state index contributed by atoms with van der Waals surface area (Å²) in [5.41, 5.74) is 2.59. The number of aliphatic carboxylic acids is 1. The van der Waals surface area contributed by atoms with Crippen LogP contribution in [0.15, 0.2) is 54.7 Å². The minimum atomic E-state index is -1.03. The molecule has 4 N–H and O–H groups in total.